The fourth-order valence-electron chi connectivity index (χ4n) is 3.25. The molecule has 3 amide bonds. The maximum absolute atomic E-state index is 13.5. The molecule has 10 heteroatoms. The number of carbonyl (C=O) groups excluding carboxylic acids is 2. The highest BCUT2D eigenvalue weighted by Crippen LogP contribution is 2.34. The highest BCUT2D eigenvalue weighted by Gasteiger charge is 2.28. The first-order valence-electron chi connectivity index (χ1n) is 10.3. The second-order valence-electron chi connectivity index (χ2n) is 7.68. The van der Waals surface area contributed by atoms with Gasteiger partial charge in [0, 0.05) is 17.5 Å². The number of nitrogens with two attached hydrogens (primary N) is 1. The molecule has 0 aliphatic rings. The Morgan fingerprint density at radius 2 is 1.97 bits per heavy atom. The van der Waals surface area contributed by atoms with Gasteiger partial charge in [-0.15, -0.1) is 11.3 Å². The number of halogens is 1. The van der Waals surface area contributed by atoms with Crippen molar-refractivity contribution in [2.45, 2.75) is 50.6 Å². The summed E-state index contributed by atoms with van der Waals surface area (Å²) in [6, 6.07) is 5.07. The van der Waals surface area contributed by atoms with Crippen LogP contribution in [0.15, 0.2) is 39.6 Å². The van der Waals surface area contributed by atoms with Crippen LogP contribution in [0.4, 0.5) is 9.18 Å². The van der Waals surface area contributed by atoms with Gasteiger partial charge in [0.05, 0.1) is 10.6 Å². The number of thiophene rings is 1. The highest BCUT2D eigenvalue weighted by atomic mass is 32.2. The molecule has 3 N–H and O–H groups in total. The summed E-state index contributed by atoms with van der Waals surface area (Å²) in [5, 5.41) is 4.20. The van der Waals surface area contributed by atoms with Crippen molar-refractivity contribution < 1.29 is 14.0 Å². The van der Waals surface area contributed by atoms with Crippen molar-refractivity contribution in [1.29, 1.82) is 0 Å². The van der Waals surface area contributed by atoms with Gasteiger partial charge in [-0.3, -0.25) is 19.5 Å². The summed E-state index contributed by atoms with van der Waals surface area (Å²) in [6.07, 6.45) is 1.63. The number of carbonyl (C=O) groups is 2. The standard InChI is InChI=1S/C22H25FN4O3S2/c1-4-5-10-27-20(29)16-15(13-6-8-14(23)9-7-13)11-31-19(16)26-22(27)32-17(12(2)3)18(28)25-21(24)30/h6-9,11-12,17H,4-5,10H2,1-3H3,(H3,24,25,28,30). The molecule has 0 spiro atoms. The maximum atomic E-state index is 13.5. The average Bonchev–Trinajstić information content (AvgIpc) is 3.15. The van der Waals surface area contributed by atoms with Gasteiger partial charge in [0.15, 0.2) is 5.16 Å². The van der Waals surface area contributed by atoms with Gasteiger partial charge in [0.1, 0.15) is 10.6 Å². The molecule has 0 aliphatic heterocycles. The number of amides is 3. The lowest BCUT2D eigenvalue weighted by Gasteiger charge is -2.20. The molecule has 0 radical (unpaired) electrons. The van der Waals surface area contributed by atoms with Crippen molar-refractivity contribution in [3.8, 4) is 11.1 Å². The molecule has 170 valence electrons. The molecule has 7 nitrogen and oxygen atoms in total. The summed E-state index contributed by atoms with van der Waals surface area (Å²) >= 11 is 2.47. The van der Waals surface area contributed by atoms with Crippen LogP contribution in [0.25, 0.3) is 21.3 Å². The number of nitrogens with one attached hydrogen (secondary N) is 1. The lowest BCUT2D eigenvalue weighted by molar-refractivity contribution is -0.120. The SMILES string of the molecule is CCCCn1c(SC(C(=O)NC(N)=O)C(C)C)nc2scc(-c3ccc(F)cc3)c2c1=O. The number of nitrogens with zero attached hydrogens (tertiary/aromatic N) is 2. The average molecular weight is 477 g/mol. The first-order chi connectivity index (χ1) is 15.2. The Hall–Kier alpha value is -2.72. The lowest BCUT2D eigenvalue weighted by Crippen LogP contribution is -2.42. The summed E-state index contributed by atoms with van der Waals surface area (Å²) in [4.78, 5) is 42.5. The molecule has 1 atom stereocenters. The van der Waals surface area contributed by atoms with Gasteiger partial charge >= 0.3 is 6.03 Å². The van der Waals surface area contributed by atoms with Crippen molar-refractivity contribution in [2.75, 3.05) is 0 Å². The van der Waals surface area contributed by atoms with Crippen LogP contribution in [0.2, 0.25) is 0 Å². The Morgan fingerprint density at radius 3 is 2.56 bits per heavy atom. The number of imide groups is 1. The van der Waals surface area contributed by atoms with Gasteiger partial charge in [0.25, 0.3) is 5.56 Å². The zero-order valence-electron chi connectivity index (χ0n) is 18.1. The number of benzene rings is 1. The van der Waals surface area contributed by atoms with E-state index in [1.165, 1.54) is 23.5 Å². The number of thioether (sulfide) groups is 1. The van der Waals surface area contributed by atoms with Crippen LogP contribution in [0.5, 0.6) is 0 Å². The van der Waals surface area contributed by atoms with E-state index in [-0.39, 0.29) is 17.3 Å². The number of unbranched alkanes of at least 4 members (excludes halogenated alkanes) is 1. The smallest absolute Gasteiger partial charge is 0.318 e. The fraction of sp³-hybridized carbons (Fsp3) is 0.364. The summed E-state index contributed by atoms with van der Waals surface area (Å²) in [5.41, 5.74) is 6.35. The van der Waals surface area contributed by atoms with E-state index in [9.17, 15) is 18.8 Å². The van der Waals surface area contributed by atoms with Crippen LogP contribution < -0.4 is 16.6 Å². The Kier molecular flexibility index (Phi) is 7.68. The van der Waals surface area contributed by atoms with Crippen LogP contribution in [0, 0.1) is 11.7 Å². The van der Waals surface area contributed by atoms with Crippen molar-refractivity contribution >= 4 is 45.3 Å². The molecule has 2 aromatic heterocycles. The zero-order chi connectivity index (χ0) is 23.4. The number of primary amides is 1. The number of urea groups is 1. The van der Waals surface area contributed by atoms with Gasteiger partial charge in [-0.1, -0.05) is 51.1 Å². The number of hydrogen-bond acceptors (Lipinski definition) is 6. The van der Waals surface area contributed by atoms with Crippen LogP contribution in [-0.4, -0.2) is 26.7 Å². The third-order valence-electron chi connectivity index (χ3n) is 4.89. The Bertz CT molecular complexity index is 1190. The number of hydrogen-bond donors (Lipinski definition) is 2. The molecular formula is C22H25FN4O3S2. The monoisotopic (exact) mass is 476 g/mol. The Balaban J connectivity index is 2.12. The molecule has 1 unspecified atom stereocenters. The Morgan fingerprint density at radius 1 is 1.28 bits per heavy atom. The Labute approximate surface area is 193 Å². The molecule has 0 aliphatic carbocycles. The first kappa shape index (κ1) is 23.9. The molecule has 0 saturated heterocycles. The van der Waals surface area contributed by atoms with Crippen LogP contribution in [0.3, 0.4) is 0 Å². The van der Waals surface area contributed by atoms with E-state index in [0.29, 0.717) is 27.5 Å². The largest absolute Gasteiger partial charge is 0.351 e. The van der Waals surface area contributed by atoms with E-state index in [4.69, 9.17) is 10.7 Å². The molecule has 0 saturated carbocycles. The van der Waals surface area contributed by atoms with E-state index in [1.54, 1.807) is 16.7 Å². The number of fused-ring (bicyclic) bond motifs is 1. The predicted octanol–water partition coefficient (Wildman–Crippen LogP) is 4.38. The molecule has 3 aromatic rings. The van der Waals surface area contributed by atoms with Gasteiger partial charge < -0.3 is 5.73 Å². The quantitative estimate of drug-likeness (QED) is 0.371. The van der Waals surface area contributed by atoms with Crippen LogP contribution in [0.1, 0.15) is 33.6 Å². The minimum Gasteiger partial charge on any atom is -0.351 e. The predicted molar refractivity (Wildman–Crippen MR) is 126 cm³/mol. The lowest BCUT2D eigenvalue weighted by atomic mass is 10.1. The fourth-order valence-corrected chi connectivity index (χ4v) is 5.36. The third-order valence-corrected chi connectivity index (χ3v) is 7.30. The normalized spacial score (nSPS) is 12.3. The molecule has 32 heavy (non-hydrogen) atoms. The van der Waals surface area contributed by atoms with E-state index < -0.39 is 17.2 Å². The molecule has 2 heterocycles. The van der Waals surface area contributed by atoms with Crippen LogP contribution in [-0.2, 0) is 11.3 Å². The molecular weight excluding hydrogens is 451 g/mol. The second kappa shape index (κ2) is 10.3. The first-order valence-corrected chi connectivity index (χ1v) is 12.0. The van der Waals surface area contributed by atoms with Crippen molar-refractivity contribution in [3.05, 3.63) is 45.8 Å². The summed E-state index contributed by atoms with van der Waals surface area (Å²) in [7, 11) is 0. The molecule has 3 rings (SSSR count). The second-order valence-corrected chi connectivity index (χ2v) is 9.64. The van der Waals surface area contributed by atoms with Gasteiger partial charge in [-0.25, -0.2) is 14.2 Å². The van der Waals surface area contributed by atoms with E-state index in [1.807, 2.05) is 26.2 Å². The van der Waals surface area contributed by atoms with Crippen molar-refractivity contribution in [2.24, 2.45) is 11.7 Å². The van der Waals surface area contributed by atoms with Gasteiger partial charge in [-0.2, -0.15) is 0 Å². The van der Waals surface area contributed by atoms with E-state index in [0.717, 1.165) is 30.2 Å². The molecule has 0 bridgehead atoms. The number of aromatic nitrogens is 2. The van der Waals surface area contributed by atoms with Gasteiger partial charge in [-0.05, 0) is 30.0 Å². The third kappa shape index (κ3) is 5.18. The summed E-state index contributed by atoms with van der Waals surface area (Å²) < 4.78 is 15.0. The zero-order valence-corrected chi connectivity index (χ0v) is 19.7. The minimum absolute atomic E-state index is 0.135. The maximum Gasteiger partial charge on any atom is 0.318 e. The minimum atomic E-state index is -0.921. The van der Waals surface area contributed by atoms with Crippen LogP contribution >= 0.6 is 23.1 Å². The van der Waals surface area contributed by atoms with Gasteiger partial charge in [0.2, 0.25) is 5.91 Å². The molecule has 0 fully saturated rings. The van der Waals surface area contributed by atoms with E-state index in [2.05, 4.69) is 5.32 Å². The van der Waals surface area contributed by atoms with Crippen molar-refractivity contribution in [1.82, 2.24) is 14.9 Å². The van der Waals surface area contributed by atoms with Crippen molar-refractivity contribution in [3.63, 3.8) is 0 Å². The summed E-state index contributed by atoms with van der Waals surface area (Å²) in [6.45, 7) is 6.17. The van der Waals surface area contributed by atoms with E-state index >= 15 is 0 Å². The molecule has 1 aromatic carbocycles. The highest BCUT2D eigenvalue weighted by molar-refractivity contribution is 8.00. The number of rotatable bonds is 8. The topological polar surface area (TPSA) is 107 Å². The summed E-state index contributed by atoms with van der Waals surface area (Å²) in [5.74, 6) is -1.00.